The van der Waals surface area contributed by atoms with Gasteiger partial charge in [0.15, 0.2) is 0 Å². The first-order valence-electron chi connectivity index (χ1n) is 9.73. The molecule has 3 N–H and O–H groups in total. The van der Waals surface area contributed by atoms with Crippen molar-refractivity contribution >= 4 is 37.5 Å². The van der Waals surface area contributed by atoms with Gasteiger partial charge >= 0.3 is 191 Å². The van der Waals surface area contributed by atoms with Gasteiger partial charge in [-0.2, -0.15) is 0 Å². The van der Waals surface area contributed by atoms with Crippen LogP contribution < -0.4 is 14.4 Å². The molecule has 3 rings (SSSR count). The van der Waals surface area contributed by atoms with E-state index in [9.17, 15) is 25.1 Å². The van der Waals surface area contributed by atoms with Crippen LogP contribution in [-0.4, -0.2) is 66.1 Å². The topological polar surface area (TPSA) is 138 Å². The van der Waals surface area contributed by atoms with Gasteiger partial charge in [-0.15, -0.1) is 0 Å². The molecule has 32 heavy (non-hydrogen) atoms. The van der Waals surface area contributed by atoms with E-state index < -0.39 is 43.0 Å². The van der Waals surface area contributed by atoms with E-state index in [0.717, 1.165) is 9.91 Å². The molecule has 0 aromatic heterocycles. The Balaban J connectivity index is 2.13. The molecule has 2 aromatic rings. The number of nitrogens with one attached hydrogen (secondary N) is 1. The number of carboxylic acid groups (broad SMARTS) is 1. The number of hydrogen-bond donors (Lipinski definition) is 3. The summed E-state index contributed by atoms with van der Waals surface area (Å²) in [6, 6.07) is 14.2. The molecule has 0 saturated heterocycles. The van der Waals surface area contributed by atoms with Crippen LogP contribution in [0.5, 0.6) is 5.75 Å². The number of aliphatic imine (C=N–C) groups is 1. The number of aliphatic hydroxyl groups excluding tert-OH is 1. The van der Waals surface area contributed by atoms with Gasteiger partial charge in [0.05, 0.1) is 0 Å². The van der Waals surface area contributed by atoms with E-state index in [1.165, 1.54) is 7.11 Å². The van der Waals surface area contributed by atoms with Crippen LogP contribution in [0.15, 0.2) is 65.0 Å². The van der Waals surface area contributed by atoms with Crippen LogP contribution in [0.25, 0.3) is 0 Å². The molecule has 0 aliphatic carbocycles. The fraction of sp³-hybridized carbons (Fsp3) is 0.238. The van der Waals surface area contributed by atoms with Gasteiger partial charge in [-0.1, -0.05) is 0 Å². The zero-order chi connectivity index (χ0) is 23.3. The summed E-state index contributed by atoms with van der Waals surface area (Å²) in [7, 11) is 1.48. The van der Waals surface area contributed by atoms with Crippen molar-refractivity contribution in [2.75, 3.05) is 19.0 Å². The molecule has 11 heteroatoms. The molecule has 1 aliphatic heterocycles. The van der Waals surface area contributed by atoms with E-state index in [0.29, 0.717) is 18.0 Å². The molecular formula is C21H23AsN4O6. The van der Waals surface area contributed by atoms with E-state index in [2.05, 4.69) is 10.3 Å². The van der Waals surface area contributed by atoms with Gasteiger partial charge < -0.3 is 0 Å². The Hall–Kier alpha value is -3.36. The SMILES string of the molecule is CCN1C(Nc2ccccc2OC)=C([N+](=O)[O-])C(C(=O)O)=NC1[AsH]c1ccccc1CO. The molecule has 2 aromatic carbocycles. The number of ether oxygens (including phenoxy) is 1. The number of nitro groups is 1. The molecule has 1 heterocycles. The number of anilines is 1. The fourth-order valence-corrected chi connectivity index (χ4v) is 6.44. The number of nitrogens with zero attached hydrogens (tertiary/aromatic N) is 3. The molecule has 0 spiro atoms. The van der Waals surface area contributed by atoms with Crippen LogP contribution in [0.3, 0.4) is 0 Å². The second-order valence-electron chi connectivity index (χ2n) is 6.68. The average Bonchev–Trinajstić information content (AvgIpc) is 2.79. The van der Waals surface area contributed by atoms with Crippen molar-refractivity contribution in [2.45, 2.75) is 18.5 Å². The van der Waals surface area contributed by atoms with Crippen LogP contribution in [0.2, 0.25) is 0 Å². The normalized spacial score (nSPS) is 16.3. The minimum absolute atomic E-state index is 0.0460. The van der Waals surface area contributed by atoms with Crippen molar-refractivity contribution in [3.05, 3.63) is 75.7 Å². The van der Waals surface area contributed by atoms with Crippen molar-refractivity contribution in [3.8, 4) is 5.75 Å². The number of benzene rings is 2. The average molecular weight is 502 g/mol. The third-order valence-corrected chi connectivity index (χ3v) is 7.98. The molecule has 168 valence electrons. The number of carbonyl (C=O) groups is 1. The van der Waals surface area contributed by atoms with E-state index >= 15 is 0 Å². The summed E-state index contributed by atoms with van der Waals surface area (Å²) in [5.41, 5.74) is -0.0151. The molecule has 0 bridgehead atoms. The second-order valence-corrected chi connectivity index (χ2v) is 9.50. The van der Waals surface area contributed by atoms with E-state index in [1.54, 1.807) is 35.2 Å². The maximum absolute atomic E-state index is 11.9. The summed E-state index contributed by atoms with van der Waals surface area (Å²) in [5, 5.41) is 34.4. The number of para-hydroxylation sites is 2. The number of rotatable bonds is 9. The number of aliphatic hydroxyl groups is 1. The Morgan fingerprint density at radius 3 is 2.59 bits per heavy atom. The van der Waals surface area contributed by atoms with E-state index in [4.69, 9.17) is 4.74 Å². The monoisotopic (exact) mass is 502 g/mol. The Morgan fingerprint density at radius 1 is 1.28 bits per heavy atom. The summed E-state index contributed by atoms with van der Waals surface area (Å²) < 4.78 is 6.23. The van der Waals surface area contributed by atoms with Gasteiger partial charge in [0.2, 0.25) is 0 Å². The first-order valence-corrected chi connectivity index (χ1v) is 12.0. The third kappa shape index (κ3) is 4.76. The molecule has 0 radical (unpaired) electrons. The zero-order valence-electron chi connectivity index (χ0n) is 17.5. The molecule has 10 nitrogen and oxygen atoms in total. The van der Waals surface area contributed by atoms with E-state index in [1.807, 2.05) is 25.1 Å². The van der Waals surface area contributed by atoms with Crippen LogP contribution in [0, 0.1) is 10.1 Å². The summed E-state index contributed by atoms with van der Waals surface area (Å²) in [5.74, 6) is -0.972. The maximum atomic E-state index is 11.9. The molecule has 2 unspecified atom stereocenters. The second kappa shape index (κ2) is 10.3. The quantitative estimate of drug-likeness (QED) is 0.262. The number of methoxy groups -OCH3 is 1. The predicted octanol–water partition coefficient (Wildman–Crippen LogP) is 0.952. The summed E-state index contributed by atoms with van der Waals surface area (Å²) in [6.07, 6.45) is 0. The first-order chi connectivity index (χ1) is 15.4. The Morgan fingerprint density at radius 2 is 1.97 bits per heavy atom. The fourth-order valence-electron chi connectivity index (χ4n) is 3.34. The van der Waals surface area contributed by atoms with Gasteiger partial charge in [-0.3, -0.25) is 0 Å². The van der Waals surface area contributed by atoms with E-state index in [-0.39, 0.29) is 12.4 Å². The first kappa shape index (κ1) is 23.3. The Labute approximate surface area is 191 Å². The Bertz CT molecular complexity index is 1090. The molecule has 0 saturated carbocycles. The number of hydrogen-bond acceptors (Lipinski definition) is 8. The van der Waals surface area contributed by atoms with Gasteiger partial charge in [0, 0.05) is 0 Å². The standard InChI is InChI=1S/C21H23AsN4O6/c1-3-25-19(23-15-10-6-7-11-16(15)32-2)18(26(30)31)17(20(28)29)24-21(25)22-14-9-5-4-8-13(14)12-27/h4-11,21-23,27H,3,12H2,1-2H3,(H,28,29). The van der Waals surface area contributed by atoms with Crippen LogP contribution in [0.1, 0.15) is 12.5 Å². The molecule has 0 amide bonds. The number of carboxylic acids is 1. The summed E-state index contributed by atoms with van der Waals surface area (Å²) in [6.45, 7) is 2.01. The zero-order valence-corrected chi connectivity index (χ0v) is 19.6. The predicted molar refractivity (Wildman–Crippen MR) is 121 cm³/mol. The van der Waals surface area contributed by atoms with Gasteiger partial charge in [0.25, 0.3) is 0 Å². The Kier molecular flexibility index (Phi) is 7.50. The van der Waals surface area contributed by atoms with Gasteiger partial charge in [0.1, 0.15) is 0 Å². The molecule has 0 fully saturated rings. The molecular weight excluding hydrogens is 479 g/mol. The molecule has 1 aliphatic rings. The molecule has 2 atom stereocenters. The third-order valence-electron chi connectivity index (χ3n) is 4.84. The van der Waals surface area contributed by atoms with Crippen LogP contribution in [0.4, 0.5) is 5.69 Å². The van der Waals surface area contributed by atoms with Gasteiger partial charge in [-0.05, 0) is 0 Å². The van der Waals surface area contributed by atoms with Crippen LogP contribution in [-0.2, 0) is 11.4 Å². The van der Waals surface area contributed by atoms with Crippen molar-refractivity contribution in [1.29, 1.82) is 0 Å². The summed E-state index contributed by atoms with van der Waals surface area (Å²) in [4.78, 5) is 28.5. The minimum atomic E-state index is -1.47. The van der Waals surface area contributed by atoms with Crippen LogP contribution >= 0.6 is 0 Å². The van der Waals surface area contributed by atoms with Crippen molar-refractivity contribution in [2.24, 2.45) is 4.99 Å². The van der Waals surface area contributed by atoms with Gasteiger partial charge in [-0.25, -0.2) is 0 Å². The van der Waals surface area contributed by atoms with Crippen molar-refractivity contribution in [3.63, 3.8) is 0 Å². The van der Waals surface area contributed by atoms with Crippen molar-refractivity contribution in [1.82, 2.24) is 4.90 Å². The number of aliphatic carboxylic acids is 1. The summed E-state index contributed by atoms with van der Waals surface area (Å²) >= 11 is -1.16. The van der Waals surface area contributed by atoms with Crippen molar-refractivity contribution < 1.29 is 24.7 Å².